The molecule has 0 unspecified atom stereocenters. The lowest BCUT2D eigenvalue weighted by atomic mass is 10.1. The van der Waals surface area contributed by atoms with Crippen LogP contribution in [0.4, 0.5) is 0 Å². The van der Waals surface area contributed by atoms with Crippen molar-refractivity contribution in [2.45, 2.75) is 64.3 Å². The molecule has 1 rings (SSSR count). The summed E-state index contributed by atoms with van der Waals surface area (Å²) >= 11 is 0. The molecule has 0 amide bonds. The van der Waals surface area contributed by atoms with Crippen LogP contribution in [0.1, 0.15) is 51.9 Å². The van der Waals surface area contributed by atoms with Crippen LogP contribution >= 0.6 is 0 Å². The highest BCUT2D eigenvalue weighted by molar-refractivity contribution is 4.63. The lowest BCUT2D eigenvalue weighted by Crippen LogP contribution is -2.28. The third-order valence-corrected chi connectivity index (χ3v) is 2.82. The van der Waals surface area contributed by atoms with Gasteiger partial charge in [0.25, 0.3) is 0 Å². The number of unbranched alkanes of at least 4 members (excludes halogenated alkanes) is 3. The fourth-order valence-electron chi connectivity index (χ4n) is 1.85. The van der Waals surface area contributed by atoms with Crippen LogP contribution in [0.2, 0.25) is 0 Å². The van der Waals surface area contributed by atoms with E-state index in [-0.39, 0.29) is 6.10 Å². The van der Waals surface area contributed by atoms with E-state index in [0.29, 0.717) is 0 Å². The van der Waals surface area contributed by atoms with Crippen LogP contribution in [-0.4, -0.2) is 30.7 Å². The fourth-order valence-corrected chi connectivity index (χ4v) is 1.85. The first-order chi connectivity index (χ1) is 7.33. The van der Waals surface area contributed by atoms with Gasteiger partial charge in [-0.25, -0.2) is 0 Å². The fraction of sp³-hybridized carbons (Fsp3) is 1.00. The van der Waals surface area contributed by atoms with Gasteiger partial charge in [-0.15, -0.1) is 0 Å². The van der Waals surface area contributed by atoms with E-state index in [1.807, 2.05) is 0 Å². The highest BCUT2D eigenvalue weighted by Gasteiger charge is 2.17. The van der Waals surface area contributed by atoms with Gasteiger partial charge in [0.1, 0.15) is 0 Å². The minimum Gasteiger partial charge on any atom is -0.381 e. The van der Waals surface area contributed by atoms with Crippen molar-refractivity contribution in [3.8, 4) is 0 Å². The number of aliphatic hydroxyl groups excluding tert-OH is 1. The average Bonchev–Trinajstić information content (AvgIpc) is 2.26. The van der Waals surface area contributed by atoms with Gasteiger partial charge in [-0.3, -0.25) is 0 Å². The van der Waals surface area contributed by atoms with Gasteiger partial charge in [0.2, 0.25) is 0 Å². The van der Waals surface area contributed by atoms with E-state index in [9.17, 15) is 5.11 Å². The second kappa shape index (κ2) is 8.08. The van der Waals surface area contributed by atoms with Crippen molar-refractivity contribution in [3.05, 3.63) is 0 Å². The lowest BCUT2D eigenvalue weighted by molar-refractivity contribution is -0.160. The maximum absolute atomic E-state index is 9.64. The van der Waals surface area contributed by atoms with Gasteiger partial charge >= 0.3 is 0 Å². The highest BCUT2D eigenvalue weighted by atomic mass is 16.6. The van der Waals surface area contributed by atoms with Crippen molar-refractivity contribution in [1.29, 1.82) is 0 Å². The van der Waals surface area contributed by atoms with E-state index in [2.05, 4.69) is 6.92 Å². The van der Waals surface area contributed by atoms with Crippen LogP contribution in [0.3, 0.4) is 0 Å². The number of hydrogen-bond donors (Lipinski definition) is 1. The zero-order valence-corrected chi connectivity index (χ0v) is 9.78. The van der Waals surface area contributed by atoms with Crippen molar-refractivity contribution in [2.75, 3.05) is 13.2 Å². The maximum Gasteiger partial charge on any atom is 0.154 e. The van der Waals surface area contributed by atoms with Gasteiger partial charge in [-0.1, -0.05) is 26.2 Å². The quantitative estimate of drug-likeness (QED) is 0.525. The second-order valence-electron chi connectivity index (χ2n) is 4.25. The summed E-state index contributed by atoms with van der Waals surface area (Å²) in [5.74, 6) is 0. The molecule has 0 aromatic rings. The van der Waals surface area contributed by atoms with E-state index in [4.69, 9.17) is 9.47 Å². The molecule has 3 nitrogen and oxygen atoms in total. The van der Waals surface area contributed by atoms with Crippen LogP contribution < -0.4 is 0 Å². The molecule has 1 saturated heterocycles. The predicted octanol–water partition coefficient (Wildman–Crippen LogP) is 2.47. The molecule has 90 valence electrons. The maximum atomic E-state index is 9.64. The Morgan fingerprint density at radius 3 is 2.67 bits per heavy atom. The molecule has 1 fully saturated rings. The van der Waals surface area contributed by atoms with E-state index >= 15 is 0 Å². The Balaban J connectivity index is 1.98. The Labute approximate surface area is 92.8 Å². The van der Waals surface area contributed by atoms with Crippen LogP contribution in [0, 0.1) is 0 Å². The lowest BCUT2D eigenvalue weighted by Gasteiger charge is -2.25. The molecule has 1 heterocycles. The molecule has 0 aliphatic carbocycles. The van der Waals surface area contributed by atoms with Gasteiger partial charge < -0.3 is 14.6 Å². The monoisotopic (exact) mass is 216 g/mol. The second-order valence-corrected chi connectivity index (χ2v) is 4.25. The normalized spacial score (nSPS) is 20.4. The van der Waals surface area contributed by atoms with Crippen molar-refractivity contribution in [2.24, 2.45) is 0 Å². The van der Waals surface area contributed by atoms with Gasteiger partial charge in [0, 0.05) is 13.2 Å². The molecule has 1 aliphatic heterocycles. The van der Waals surface area contributed by atoms with Crippen LogP contribution in [0.25, 0.3) is 0 Å². The number of ether oxygens (including phenoxy) is 2. The number of aliphatic hydroxyl groups is 1. The third kappa shape index (κ3) is 6.13. The molecule has 0 radical (unpaired) electrons. The largest absolute Gasteiger partial charge is 0.381 e. The van der Waals surface area contributed by atoms with Gasteiger partial charge in [0.05, 0.1) is 6.10 Å². The Morgan fingerprint density at radius 2 is 2.00 bits per heavy atom. The van der Waals surface area contributed by atoms with Crippen molar-refractivity contribution in [1.82, 2.24) is 0 Å². The first-order valence-corrected chi connectivity index (χ1v) is 6.24. The van der Waals surface area contributed by atoms with E-state index < -0.39 is 6.29 Å². The molecule has 3 heteroatoms. The molecule has 1 N–H and O–H groups in total. The summed E-state index contributed by atoms with van der Waals surface area (Å²) in [4.78, 5) is 0. The summed E-state index contributed by atoms with van der Waals surface area (Å²) in [6.45, 7) is 3.73. The van der Waals surface area contributed by atoms with E-state index in [1.165, 1.54) is 19.3 Å². The smallest absolute Gasteiger partial charge is 0.154 e. The highest BCUT2D eigenvalue weighted by Crippen LogP contribution is 2.15. The summed E-state index contributed by atoms with van der Waals surface area (Å²) in [6, 6.07) is 0. The summed E-state index contributed by atoms with van der Waals surface area (Å²) in [5, 5.41) is 9.64. The van der Waals surface area contributed by atoms with Crippen molar-refractivity contribution in [3.63, 3.8) is 0 Å². The molecule has 0 aromatic carbocycles. The van der Waals surface area contributed by atoms with Crippen LogP contribution in [0.5, 0.6) is 0 Å². The van der Waals surface area contributed by atoms with Gasteiger partial charge in [-0.2, -0.15) is 0 Å². The molecular formula is C12H24O3. The Morgan fingerprint density at radius 1 is 1.27 bits per heavy atom. The molecular weight excluding hydrogens is 192 g/mol. The summed E-state index contributed by atoms with van der Waals surface area (Å²) in [7, 11) is 0. The summed E-state index contributed by atoms with van der Waals surface area (Å²) in [6.07, 6.45) is 7.02. The van der Waals surface area contributed by atoms with Crippen molar-refractivity contribution < 1.29 is 14.6 Å². The Hall–Kier alpha value is -0.120. The van der Waals surface area contributed by atoms with Crippen molar-refractivity contribution >= 4 is 0 Å². The topological polar surface area (TPSA) is 38.7 Å². The third-order valence-electron chi connectivity index (χ3n) is 2.82. The minimum atomic E-state index is -0.565. The minimum absolute atomic E-state index is 0.208. The molecule has 0 saturated carbocycles. The molecule has 15 heavy (non-hydrogen) atoms. The zero-order chi connectivity index (χ0) is 10.9. The van der Waals surface area contributed by atoms with E-state index in [1.54, 1.807) is 0 Å². The average molecular weight is 216 g/mol. The van der Waals surface area contributed by atoms with Gasteiger partial charge in [0.15, 0.2) is 6.29 Å². The SMILES string of the molecule is CCCCCC[C@@H](O)OC1CCOCC1. The van der Waals surface area contributed by atoms with Gasteiger partial charge in [-0.05, 0) is 25.7 Å². The summed E-state index contributed by atoms with van der Waals surface area (Å²) < 4.78 is 10.8. The zero-order valence-electron chi connectivity index (χ0n) is 9.78. The van der Waals surface area contributed by atoms with Crippen LogP contribution in [0.15, 0.2) is 0 Å². The molecule has 1 aliphatic rings. The molecule has 1 atom stereocenters. The standard InChI is InChI=1S/C12H24O3/c1-2-3-4-5-6-12(13)15-11-7-9-14-10-8-11/h11-13H,2-10H2,1H3/t12-/m0/s1. The number of rotatable bonds is 7. The number of hydrogen-bond acceptors (Lipinski definition) is 3. The van der Waals surface area contributed by atoms with E-state index in [0.717, 1.165) is 38.9 Å². The Kier molecular flexibility index (Phi) is 6.98. The Bertz CT molecular complexity index is 144. The summed E-state index contributed by atoms with van der Waals surface area (Å²) in [5.41, 5.74) is 0. The first-order valence-electron chi connectivity index (χ1n) is 6.24. The molecule has 0 spiro atoms. The van der Waals surface area contributed by atoms with Crippen LogP contribution in [-0.2, 0) is 9.47 Å². The molecule has 0 aromatic heterocycles. The predicted molar refractivity (Wildman–Crippen MR) is 59.7 cm³/mol. The molecule has 0 bridgehead atoms. The first kappa shape index (κ1) is 12.9.